The molecule has 1 atom stereocenters. The van der Waals surface area contributed by atoms with Crippen molar-refractivity contribution in [3.63, 3.8) is 0 Å². The van der Waals surface area contributed by atoms with Crippen LogP contribution in [0.4, 0.5) is 22.9 Å². The molecule has 0 bridgehead atoms. The van der Waals surface area contributed by atoms with Crippen molar-refractivity contribution in [2.45, 2.75) is 25.8 Å². The van der Waals surface area contributed by atoms with Crippen LogP contribution in [0.2, 0.25) is 0 Å². The number of pyridine rings is 2. The van der Waals surface area contributed by atoms with Gasteiger partial charge in [0, 0.05) is 55.1 Å². The number of rotatable bonds is 10. The number of hydrogen-bond acceptors (Lipinski definition) is 8. The minimum absolute atomic E-state index is 0.0724. The average molecular weight is 460 g/mol. The first-order valence-electron chi connectivity index (χ1n) is 11.0. The molecule has 1 unspecified atom stereocenters. The minimum Gasteiger partial charge on any atom is -0.480 e. The van der Waals surface area contributed by atoms with Crippen molar-refractivity contribution in [1.29, 1.82) is 0 Å². The van der Waals surface area contributed by atoms with E-state index in [-0.39, 0.29) is 17.8 Å². The van der Waals surface area contributed by atoms with Gasteiger partial charge in [-0.2, -0.15) is 0 Å². The molecule has 0 aliphatic heterocycles. The monoisotopic (exact) mass is 459 g/mol. The Balaban J connectivity index is 1.48. The quantitative estimate of drug-likeness (QED) is 0.307. The Hall–Kier alpha value is -4.27. The zero-order chi connectivity index (χ0) is 24.2. The number of nitrogens with zero attached hydrogens (tertiary/aromatic N) is 3. The van der Waals surface area contributed by atoms with Crippen LogP contribution in [0.3, 0.4) is 0 Å². The molecule has 2 aromatic carbocycles. The van der Waals surface area contributed by atoms with Crippen molar-refractivity contribution in [2.75, 3.05) is 29.1 Å². The summed E-state index contributed by atoms with van der Waals surface area (Å²) in [5.74, 6) is -0.408. The molecule has 4 aromatic rings. The van der Waals surface area contributed by atoms with Gasteiger partial charge in [-0.15, -0.1) is 0 Å². The van der Waals surface area contributed by atoms with E-state index in [1.54, 1.807) is 30.5 Å². The predicted octanol–water partition coefficient (Wildman–Crippen LogP) is 2.92. The van der Waals surface area contributed by atoms with Gasteiger partial charge >= 0.3 is 5.97 Å². The standard InChI is InChI=1S/C25H25N5O4/c1-3-12-30(2)21-20(22(31)23(21)32)29-19(25(33)34)13-15-4-6-17(7-5-15)28-24-18-9-10-26-14-16(18)8-11-27-24/h4-11,14,19,29H,3,12-13H2,1-2H3,(H,27,28)(H,33,34). The van der Waals surface area contributed by atoms with Crippen LogP contribution in [0.25, 0.3) is 10.8 Å². The third-order valence-corrected chi connectivity index (χ3v) is 5.66. The maximum atomic E-state index is 12.1. The van der Waals surface area contributed by atoms with Crippen molar-refractivity contribution in [1.82, 2.24) is 9.97 Å². The topological polar surface area (TPSA) is 125 Å². The summed E-state index contributed by atoms with van der Waals surface area (Å²) >= 11 is 0. The second-order valence-electron chi connectivity index (χ2n) is 8.12. The Morgan fingerprint density at radius 1 is 1.09 bits per heavy atom. The lowest BCUT2D eigenvalue weighted by Crippen LogP contribution is -2.45. The van der Waals surface area contributed by atoms with Crippen molar-refractivity contribution in [2.24, 2.45) is 0 Å². The third-order valence-electron chi connectivity index (χ3n) is 5.66. The van der Waals surface area contributed by atoms with E-state index in [2.05, 4.69) is 20.6 Å². The molecule has 0 spiro atoms. The molecule has 4 rings (SSSR count). The second kappa shape index (κ2) is 9.70. The molecule has 2 aromatic heterocycles. The normalized spacial score (nSPS) is 11.9. The first-order valence-corrected chi connectivity index (χ1v) is 11.0. The summed E-state index contributed by atoms with van der Waals surface area (Å²) in [5, 5.41) is 17.7. The van der Waals surface area contributed by atoms with E-state index in [0.29, 0.717) is 12.4 Å². The molecule has 0 saturated carbocycles. The fourth-order valence-electron chi connectivity index (χ4n) is 3.91. The number of carboxylic acid groups (broad SMARTS) is 1. The highest BCUT2D eigenvalue weighted by molar-refractivity contribution is 5.92. The van der Waals surface area contributed by atoms with Gasteiger partial charge in [0.2, 0.25) is 0 Å². The maximum absolute atomic E-state index is 12.1. The molecule has 34 heavy (non-hydrogen) atoms. The molecular formula is C25H25N5O4. The molecule has 174 valence electrons. The number of aliphatic carboxylic acids is 1. The highest BCUT2D eigenvalue weighted by atomic mass is 16.4. The Morgan fingerprint density at radius 3 is 2.56 bits per heavy atom. The van der Waals surface area contributed by atoms with E-state index < -0.39 is 22.9 Å². The molecule has 0 fully saturated rings. The lowest BCUT2D eigenvalue weighted by molar-refractivity contribution is -0.137. The average Bonchev–Trinajstić information content (AvgIpc) is 2.84. The third kappa shape index (κ3) is 4.59. The Bertz CT molecular complexity index is 1390. The smallest absolute Gasteiger partial charge is 0.326 e. The highest BCUT2D eigenvalue weighted by Gasteiger charge is 2.28. The fourth-order valence-corrected chi connectivity index (χ4v) is 3.91. The Kier molecular flexibility index (Phi) is 6.53. The van der Waals surface area contributed by atoms with Crippen LogP contribution in [0.1, 0.15) is 18.9 Å². The summed E-state index contributed by atoms with van der Waals surface area (Å²) < 4.78 is 0. The summed E-state index contributed by atoms with van der Waals surface area (Å²) in [5.41, 5.74) is 0.616. The number of fused-ring (bicyclic) bond motifs is 1. The maximum Gasteiger partial charge on any atom is 0.326 e. The minimum atomic E-state index is -1.10. The van der Waals surface area contributed by atoms with E-state index in [1.807, 2.05) is 43.3 Å². The van der Waals surface area contributed by atoms with Gasteiger partial charge in [-0.25, -0.2) is 9.78 Å². The summed E-state index contributed by atoms with van der Waals surface area (Å²) in [6.07, 6.45) is 6.12. The van der Waals surface area contributed by atoms with Crippen molar-refractivity contribution < 1.29 is 9.90 Å². The summed E-state index contributed by atoms with van der Waals surface area (Å²) in [6, 6.07) is 10.0. The molecule has 0 amide bonds. The molecule has 0 saturated heterocycles. The van der Waals surface area contributed by atoms with E-state index >= 15 is 0 Å². The zero-order valence-corrected chi connectivity index (χ0v) is 18.9. The zero-order valence-electron chi connectivity index (χ0n) is 18.9. The van der Waals surface area contributed by atoms with Crippen LogP contribution >= 0.6 is 0 Å². The lowest BCUT2D eigenvalue weighted by atomic mass is 10.0. The first-order chi connectivity index (χ1) is 16.4. The predicted molar refractivity (Wildman–Crippen MR) is 133 cm³/mol. The van der Waals surface area contributed by atoms with E-state index in [1.165, 1.54) is 0 Å². The number of anilines is 4. The van der Waals surface area contributed by atoms with Gasteiger partial charge in [0.05, 0.1) is 0 Å². The van der Waals surface area contributed by atoms with Crippen LogP contribution < -0.4 is 26.4 Å². The number of carbonyl (C=O) groups is 1. The summed E-state index contributed by atoms with van der Waals surface area (Å²) in [7, 11) is 1.72. The van der Waals surface area contributed by atoms with Crippen molar-refractivity contribution in [3.05, 3.63) is 81.0 Å². The van der Waals surface area contributed by atoms with Gasteiger partial charge in [-0.1, -0.05) is 19.1 Å². The Labute approximate surface area is 195 Å². The number of aromatic nitrogens is 2. The lowest BCUT2D eigenvalue weighted by Gasteiger charge is -2.25. The second-order valence-corrected chi connectivity index (χ2v) is 8.12. The SMILES string of the molecule is CCCN(C)c1c(NC(Cc2ccc(Nc3nccc4cnccc34)cc2)C(=O)O)c(=O)c1=O. The Morgan fingerprint density at radius 2 is 1.85 bits per heavy atom. The largest absolute Gasteiger partial charge is 0.480 e. The van der Waals surface area contributed by atoms with Gasteiger partial charge in [0.25, 0.3) is 10.9 Å². The molecule has 0 aliphatic rings. The van der Waals surface area contributed by atoms with Crippen LogP contribution in [-0.2, 0) is 11.2 Å². The number of hydrogen-bond donors (Lipinski definition) is 3. The van der Waals surface area contributed by atoms with Gasteiger partial charge in [0.1, 0.15) is 23.2 Å². The highest BCUT2D eigenvalue weighted by Crippen LogP contribution is 2.24. The van der Waals surface area contributed by atoms with E-state index in [0.717, 1.165) is 28.4 Å². The van der Waals surface area contributed by atoms with E-state index in [4.69, 9.17) is 0 Å². The van der Waals surface area contributed by atoms with Gasteiger partial charge < -0.3 is 20.6 Å². The fraction of sp³-hybridized carbons (Fsp3) is 0.240. The summed E-state index contributed by atoms with van der Waals surface area (Å²) in [4.78, 5) is 46.2. The summed E-state index contributed by atoms with van der Waals surface area (Å²) in [6.45, 7) is 2.55. The van der Waals surface area contributed by atoms with Crippen LogP contribution in [0.15, 0.2) is 64.6 Å². The van der Waals surface area contributed by atoms with Crippen molar-refractivity contribution in [3.8, 4) is 0 Å². The van der Waals surface area contributed by atoms with Crippen molar-refractivity contribution >= 4 is 39.6 Å². The number of nitrogens with one attached hydrogen (secondary N) is 2. The van der Waals surface area contributed by atoms with Crippen LogP contribution in [-0.4, -0.2) is 40.7 Å². The number of benzene rings is 1. The molecule has 0 radical (unpaired) electrons. The molecule has 9 nitrogen and oxygen atoms in total. The first kappa shape index (κ1) is 22.9. The van der Waals surface area contributed by atoms with Gasteiger partial charge in [-0.3, -0.25) is 14.6 Å². The number of carboxylic acids is 1. The van der Waals surface area contributed by atoms with Gasteiger partial charge in [-0.05, 0) is 36.2 Å². The molecular weight excluding hydrogens is 434 g/mol. The molecule has 0 aliphatic carbocycles. The molecule has 3 N–H and O–H groups in total. The van der Waals surface area contributed by atoms with E-state index in [9.17, 15) is 19.5 Å². The molecule has 9 heteroatoms. The van der Waals surface area contributed by atoms with Gasteiger partial charge in [0.15, 0.2) is 0 Å². The molecule has 2 heterocycles. The van der Waals surface area contributed by atoms with Crippen LogP contribution in [0, 0.1) is 0 Å². The van der Waals surface area contributed by atoms with Crippen LogP contribution in [0.5, 0.6) is 0 Å².